The quantitative estimate of drug-likeness (QED) is 0.448. The van der Waals surface area contributed by atoms with Gasteiger partial charge in [0, 0.05) is 0 Å². The maximum Gasteiger partial charge on any atom is 2.00 e. The second-order valence-corrected chi connectivity index (χ2v) is 1.82. The van der Waals surface area contributed by atoms with Gasteiger partial charge in [0.15, 0.2) is 0 Å². The summed E-state index contributed by atoms with van der Waals surface area (Å²) in [6.07, 6.45) is 2.28. The summed E-state index contributed by atoms with van der Waals surface area (Å²) >= 11 is 0. The van der Waals surface area contributed by atoms with Gasteiger partial charge in [0.25, 0.3) is 0 Å². The van der Waals surface area contributed by atoms with Crippen LogP contribution in [0.2, 0.25) is 0 Å². The summed E-state index contributed by atoms with van der Waals surface area (Å²) in [5.74, 6) is 0. The van der Waals surface area contributed by atoms with E-state index in [1.807, 2.05) is 30.3 Å². The molecule has 1 heteroatoms. The Hall–Kier alpha value is 0.0643. The average molecular weight is 170 g/mol. The van der Waals surface area contributed by atoms with Crippen molar-refractivity contribution in [1.82, 2.24) is 0 Å². The number of unbranched alkanes of at least 4 members (excludes halogenated alkanes) is 1. The van der Waals surface area contributed by atoms with Crippen LogP contribution in [0.25, 0.3) is 0 Å². The minimum atomic E-state index is 0. The fourth-order valence-electron chi connectivity index (χ4n) is 0.321. The predicted molar refractivity (Wildman–Crippen MR) is 42.3 cm³/mol. The van der Waals surface area contributed by atoms with Gasteiger partial charge in [-0.2, -0.15) is 24.6 Å². The first kappa shape index (κ1) is 12.7. The van der Waals surface area contributed by atoms with E-state index in [9.17, 15) is 0 Å². The van der Waals surface area contributed by atoms with Gasteiger partial charge in [0.05, 0.1) is 0 Å². The van der Waals surface area contributed by atoms with Crippen LogP contribution in [-0.4, -0.2) is 0 Å². The molecule has 0 amide bonds. The van der Waals surface area contributed by atoms with Crippen LogP contribution in [0.4, 0.5) is 0 Å². The number of hydrogen-bond donors (Lipinski definition) is 0. The van der Waals surface area contributed by atoms with Crippen molar-refractivity contribution in [3.63, 3.8) is 0 Å². The molecule has 0 bridgehead atoms. The SMILES string of the molecule is [CH2-]CCC.[Ti+2].c1cc[cH-]c1. The van der Waals surface area contributed by atoms with Crippen LogP contribution in [0.1, 0.15) is 19.8 Å². The Morgan fingerprint density at radius 1 is 1.30 bits per heavy atom. The van der Waals surface area contributed by atoms with E-state index in [0.717, 1.165) is 6.42 Å². The molecule has 0 spiro atoms. The van der Waals surface area contributed by atoms with Crippen molar-refractivity contribution in [3.05, 3.63) is 37.3 Å². The van der Waals surface area contributed by atoms with Crippen molar-refractivity contribution in [3.8, 4) is 0 Å². The smallest absolute Gasteiger partial charge is 0.343 e. The molecule has 0 nitrogen and oxygen atoms in total. The summed E-state index contributed by atoms with van der Waals surface area (Å²) in [5, 5.41) is 0. The van der Waals surface area contributed by atoms with Crippen LogP contribution in [0.5, 0.6) is 0 Å². The van der Waals surface area contributed by atoms with Gasteiger partial charge in [-0.25, -0.2) is 12.1 Å². The zero-order chi connectivity index (χ0) is 6.95. The Morgan fingerprint density at radius 3 is 1.80 bits per heavy atom. The Bertz CT molecular complexity index is 80.3. The van der Waals surface area contributed by atoms with Crippen molar-refractivity contribution >= 4 is 0 Å². The van der Waals surface area contributed by atoms with Gasteiger partial charge < -0.3 is 6.92 Å². The molecule has 1 aromatic carbocycles. The van der Waals surface area contributed by atoms with E-state index in [1.165, 1.54) is 6.42 Å². The number of hydrogen-bond acceptors (Lipinski definition) is 0. The van der Waals surface area contributed by atoms with Crippen LogP contribution in [-0.2, 0) is 21.7 Å². The molecular formula is C9H14Ti. The summed E-state index contributed by atoms with van der Waals surface area (Å²) in [7, 11) is 0. The Morgan fingerprint density at radius 2 is 1.70 bits per heavy atom. The number of rotatable bonds is 1. The first-order chi connectivity index (χ1) is 4.41. The predicted octanol–water partition coefficient (Wildman–Crippen LogP) is 3.02. The molecule has 0 aliphatic heterocycles. The molecule has 0 aliphatic rings. The molecule has 1 rings (SSSR count). The fourth-order valence-corrected chi connectivity index (χ4v) is 0.321. The zero-order valence-electron chi connectivity index (χ0n) is 6.51. The van der Waals surface area contributed by atoms with E-state index in [0.29, 0.717) is 0 Å². The third-order valence-electron chi connectivity index (χ3n) is 0.909. The van der Waals surface area contributed by atoms with Crippen molar-refractivity contribution in [2.75, 3.05) is 0 Å². The molecule has 0 radical (unpaired) electrons. The summed E-state index contributed by atoms with van der Waals surface area (Å²) in [6.45, 7) is 5.72. The van der Waals surface area contributed by atoms with E-state index in [-0.39, 0.29) is 21.7 Å². The van der Waals surface area contributed by atoms with Crippen molar-refractivity contribution in [2.24, 2.45) is 0 Å². The van der Waals surface area contributed by atoms with Crippen LogP contribution in [0.15, 0.2) is 30.3 Å². The van der Waals surface area contributed by atoms with Crippen LogP contribution in [0, 0.1) is 6.92 Å². The topological polar surface area (TPSA) is 0 Å². The van der Waals surface area contributed by atoms with E-state index in [4.69, 9.17) is 0 Å². The maximum atomic E-state index is 3.60. The van der Waals surface area contributed by atoms with E-state index in [1.54, 1.807) is 0 Å². The third kappa shape index (κ3) is 10.9. The van der Waals surface area contributed by atoms with E-state index >= 15 is 0 Å². The zero-order valence-corrected chi connectivity index (χ0v) is 8.07. The third-order valence-corrected chi connectivity index (χ3v) is 0.909. The van der Waals surface area contributed by atoms with Gasteiger partial charge in [-0.15, -0.1) is 0 Å². The van der Waals surface area contributed by atoms with Crippen LogP contribution < -0.4 is 0 Å². The van der Waals surface area contributed by atoms with Gasteiger partial charge in [-0.1, -0.05) is 13.3 Å². The molecule has 0 aromatic heterocycles. The molecule has 1 aromatic rings. The molecule has 0 aliphatic carbocycles. The Kier molecular flexibility index (Phi) is 15.0. The molecular weight excluding hydrogens is 156 g/mol. The average Bonchev–Trinajstić information content (AvgIpc) is 2.43. The van der Waals surface area contributed by atoms with Gasteiger partial charge in [0.2, 0.25) is 0 Å². The molecule has 0 saturated carbocycles. The molecule has 0 atom stereocenters. The summed E-state index contributed by atoms with van der Waals surface area (Å²) in [4.78, 5) is 0. The Labute approximate surface area is 78.9 Å². The summed E-state index contributed by atoms with van der Waals surface area (Å²) < 4.78 is 0. The van der Waals surface area contributed by atoms with Gasteiger partial charge in [0.1, 0.15) is 0 Å². The normalized spacial score (nSPS) is 7.00. The molecule has 10 heavy (non-hydrogen) atoms. The minimum absolute atomic E-state index is 0. The second-order valence-electron chi connectivity index (χ2n) is 1.82. The molecule has 0 N–H and O–H groups in total. The standard InChI is InChI=1S/C5H5.C4H9.Ti/c1-2-4-5-3-1;1-3-4-2;/h1-5H;1,3-4H2,2H3;/q2*-1;+2. The monoisotopic (exact) mass is 170 g/mol. The van der Waals surface area contributed by atoms with E-state index < -0.39 is 0 Å². The van der Waals surface area contributed by atoms with Gasteiger partial charge in [-0.3, -0.25) is 0 Å². The first-order valence-electron chi connectivity index (χ1n) is 3.37. The van der Waals surface area contributed by atoms with Crippen LogP contribution in [0.3, 0.4) is 0 Å². The maximum absolute atomic E-state index is 3.60. The van der Waals surface area contributed by atoms with E-state index in [2.05, 4.69) is 13.8 Å². The molecule has 54 valence electrons. The van der Waals surface area contributed by atoms with Crippen molar-refractivity contribution in [2.45, 2.75) is 19.8 Å². The summed E-state index contributed by atoms with van der Waals surface area (Å²) in [6, 6.07) is 10.0. The second kappa shape index (κ2) is 11.8. The molecule has 0 unspecified atom stereocenters. The Balaban J connectivity index is 0. The first-order valence-corrected chi connectivity index (χ1v) is 3.37. The minimum Gasteiger partial charge on any atom is -0.343 e. The molecule has 0 fully saturated rings. The van der Waals surface area contributed by atoms with Crippen molar-refractivity contribution < 1.29 is 21.7 Å². The molecule has 0 heterocycles. The summed E-state index contributed by atoms with van der Waals surface area (Å²) in [5.41, 5.74) is 0. The largest absolute Gasteiger partial charge is 2.00 e. The van der Waals surface area contributed by atoms with Crippen LogP contribution >= 0.6 is 0 Å². The molecule has 0 saturated heterocycles. The van der Waals surface area contributed by atoms with Gasteiger partial charge in [-0.05, 0) is 0 Å². The fraction of sp³-hybridized carbons (Fsp3) is 0.333. The van der Waals surface area contributed by atoms with Gasteiger partial charge >= 0.3 is 21.7 Å². The van der Waals surface area contributed by atoms with Crippen molar-refractivity contribution in [1.29, 1.82) is 0 Å².